The number of nitrogens with one attached hydrogen (secondary N) is 1. The molecule has 0 saturated carbocycles. The highest BCUT2D eigenvalue weighted by Crippen LogP contribution is 2.25. The van der Waals surface area contributed by atoms with E-state index in [1.165, 1.54) is 19.3 Å². The number of carbonyl (C=O) groups is 1. The van der Waals surface area contributed by atoms with Crippen LogP contribution in [0.3, 0.4) is 0 Å². The topological polar surface area (TPSA) is 50.2 Å². The number of hydrogen-bond donors (Lipinski definition) is 1. The summed E-state index contributed by atoms with van der Waals surface area (Å²) in [6.45, 7) is 5.50. The molecule has 2 heterocycles. The Labute approximate surface area is 154 Å². The van der Waals surface area contributed by atoms with E-state index >= 15 is 0 Å². The average Bonchev–Trinajstić information content (AvgIpc) is 3.05. The van der Waals surface area contributed by atoms with Crippen LogP contribution in [0.5, 0.6) is 0 Å². The summed E-state index contributed by atoms with van der Waals surface area (Å²) in [7, 11) is 0. The molecule has 6 heteroatoms. The van der Waals surface area contributed by atoms with Crippen molar-refractivity contribution in [1.29, 1.82) is 0 Å². The molecule has 0 atom stereocenters. The number of hydrogen-bond acceptors (Lipinski definition) is 3. The van der Waals surface area contributed by atoms with Crippen LogP contribution < -0.4 is 10.2 Å². The van der Waals surface area contributed by atoms with Gasteiger partial charge in [0.1, 0.15) is 0 Å². The third-order valence-electron chi connectivity index (χ3n) is 4.53. The van der Waals surface area contributed by atoms with Crippen molar-refractivity contribution in [3.8, 4) is 0 Å². The molecule has 5 nitrogen and oxygen atoms in total. The highest BCUT2D eigenvalue weighted by atomic mass is 35.5. The Hall–Kier alpha value is -2.01. The first-order valence-corrected chi connectivity index (χ1v) is 9.33. The minimum Gasteiger partial charge on any atom is -0.372 e. The number of rotatable bonds is 6. The second-order valence-corrected chi connectivity index (χ2v) is 7.01. The number of aryl methyl sites for hydroxylation is 2. The number of piperidine rings is 1. The SMILES string of the molecule is Cc1cnn(CCCNC(=O)c2cc(N3CCCCC3)ccc2Cl)c1. The predicted octanol–water partition coefficient (Wildman–Crippen LogP) is 3.66. The Morgan fingerprint density at radius 3 is 2.80 bits per heavy atom. The first-order chi connectivity index (χ1) is 12.1. The molecular formula is C19H25ClN4O. The predicted molar refractivity (Wildman–Crippen MR) is 101 cm³/mol. The van der Waals surface area contributed by atoms with Crippen LogP contribution in [0.2, 0.25) is 5.02 Å². The molecule has 2 aromatic rings. The Morgan fingerprint density at radius 2 is 2.08 bits per heavy atom. The molecular weight excluding hydrogens is 336 g/mol. The van der Waals surface area contributed by atoms with Crippen LogP contribution in [-0.2, 0) is 6.54 Å². The molecule has 1 aliphatic heterocycles. The van der Waals surface area contributed by atoms with E-state index in [4.69, 9.17) is 11.6 Å². The van der Waals surface area contributed by atoms with E-state index in [1.807, 2.05) is 42.2 Å². The van der Waals surface area contributed by atoms with Crippen LogP contribution in [-0.4, -0.2) is 35.3 Å². The molecule has 1 fully saturated rings. The van der Waals surface area contributed by atoms with Crippen molar-refractivity contribution in [2.24, 2.45) is 0 Å². The third-order valence-corrected chi connectivity index (χ3v) is 4.86. The Balaban J connectivity index is 1.55. The van der Waals surface area contributed by atoms with Gasteiger partial charge in [0.05, 0.1) is 16.8 Å². The fraction of sp³-hybridized carbons (Fsp3) is 0.474. The fourth-order valence-electron chi connectivity index (χ4n) is 3.16. The molecule has 0 bridgehead atoms. The maximum Gasteiger partial charge on any atom is 0.252 e. The summed E-state index contributed by atoms with van der Waals surface area (Å²) in [5.74, 6) is -0.111. The molecule has 134 valence electrons. The quantitative estimate of drug-likeness (QED) is 0.800. The lowest BCUT2D eigenvalue weighted by atomic mass is 10.1. The monoisotopic (exact) mass is 360 g/mol. The highest BCUT2D eigenvalue weighted by molar-refractivity contribution is 6.34. The molecule has 0 radical (unpaired) electrons. The minimum atomic E-state index is -0.111. The zero-order valence-electron chi connectivity index (χ0n) is 14.7. The van der Waals surface area contributed by atoms with Crippen molar-refractivity contribution < 1.29 is 4.79 Å². The van der Waals surface area contributed by atoms with Gasteiger partial charge in [0.2, 0.25) is 0 Å². The molecule has 1 N–H and O–H groups in total. The van der Waals surface area contributed by atoms with Crippen LogP contribution in [0.15, 0.2) is 30.6 Å². The maximum absolute atomic E-state index is 12.5. The number of amides is 1. The maximum atomic E-state index is 12.5. The number of anilines is 1. The standard InChI is InChI=1S/C19H25ClN4O/c1-15-13-22-24(14-15)11-5-8-21-19(25)17-12-16(6-7-18(17)20)23-9-3-2-4-10-23/h6-7,12-14H,2-5,8-11H2,1H3,(H,21,25). The number of benzene rings is 1. The summed E-state index contributed by atoms with van der Waals surface area (Å²) in [6.07, 6.45) is 8.36. The molecule has 1 saturated heterocycles. The van der Waals surface area contributed by atoms with Gasteiger partial charge in [0.15, 0.2) is 0 Å². The van der Waals surface area contributed by atoms with Gasteiger partial charge in [-0.05, 0) is 56.4 Å². The van der Waals surface area contributed by atoms with Crippen molar-refractivity contribution >= 4 is 23.2 Å². The van der Waals surface area contributed by atoms with E-state index in [0.29, 0.717) is 17.1 Å². The van der Waals surface area contributed by atoms with Gasteiger partial charge in [-0.1, -0.05) is 11.6 Å². The molecule has 1 amide bonds. The molecule has 1 aliphatic rings. The molecule has 0 spiro atoms. The van der Waals surface area contributed by atoms with Gasteiger partial charge in [-0.15, -0.1) is 0 Å². The fourth-order valence-corrected chi connectivity index (χ4v) is 3.37. The van der Waals surface area contributed by atoms with E-state index in [9.17, 15) is 4.79 Å². The molecule has 0 aliphatic carbocycles. The van der Waals surface area contributed by atoms with E-state index in [2.05, 4.69) is 15.3 Å². The average molecular weight is 361 g/mol. The van der Waals surface area contributed by atoms with Crippen molar-refractivity contribution in [2.75, 3.05) is 24.5 Å². The Kier molecular flexibility index (Phi) is 5.97. The number of aromatic nitrogens is 2. The van der Waals surface area contributed by atoms with Crippen LogP contribution in [0.4, 0.5) is 5.69 Å². The number of nitrogens with zero attached hydrogens (tertiary/aromatic N) is 3. The number of halogens is 1. The van der Waals surface area contributed by atoms with Gasteiger partial charge in [-0.25, -0.2) is 0 Å². The largest absolute Gasteiger partial charge is 0.372 e. The zero-order valence-corrected chi connectivity index (χ0v) is 15.4. The van der Waals surface area contributed by atoms with E-state index in [0.717, 1.165) is 37.3 Å². The van der Waals surface area contributed by atoms with Crippen molar-refractivity contribution in [3.63, 3.8) is 0 Å². The van der Waals surface area contributed by atoms with E-state index in [1.54, 1.807) is 0 Å². The molecule has 1 aromatic carbocycles. The van der Waals surface area contributed by atoms with E-state index in [-0.39, 0.29) is 5.91 Å². The summed E-state index contributed by atoms with van der Waals surface area (Å²) in [5, 5.41) is 7.71. The van der Waals surface area contributed by atoms with Gasteiger partial charge in [0, 0.05) is 38.1 Å². The van der Waals surface area contributed by atoms with Crippen LogP contribution in [0.25, 0.3) is 0 Å². The molecule has 1 aromatic heterocycles. The zero-order chi connectivity index (χ0) is 17.6. The highest BCUT2D eigenvalue weighted by Gasteiger charge is 2.15. The Morgan fingerprint density at radius 1 is 1.28 bits per heavy atom. The molecule has 3 rings (SSSR count). The van der Waals surface area contributed by atoms with Crippen molar-refractivity contribution in [2.45, 2.75) is 39.2 Å². The van der Waals surface area contributed by atoms with Gasteiger partial charge in [0.25, 0.3) is 5.91 Å². The first kappa shape index (κ1) is 17.8. The molecule has 0 unspecified atom stereocenters. The smallest absolute Gasteiger partial charge is 0.252 e. The van der Waals surface area contributed by atoms with Gasteiger partial charge < -0.3 is 10.2 Å². The van der Waals surface area contributed by atoms with E-state index < -0.39 is 0 Å². The Bertz CT molecular complexity index is 722. The lowest BCUT2D eigenvalue weighted by Crippen LogP contribution is -2.30. The lowest BCUT2D eigenvalue weighted by Gasteiger charge is -2.29. The second-order valence-electron chi connectivity index (χ2n) is 6.60. The summed E-state index contributed by atoms with van der Waals surface area (Å²) in [5.41, 5.74) is 2.78. The second kappa shape index (κ2) is 8.39. The van der Waals surface area contributed by atoms with Gasteiger partial charge >= 0.3 is 0 Å². The summed E-state index contributed by atoms with van der Waals surface area (Å²) in [6, 6.07) is 5.75. The summed E-state index contributed by atoms with van der Waals surface area (Å²) >= 11 is 6.25. The third kappa shape index (κ3) is 4.75. The summed E-state index contributed by atoms with van der Waals surface area (Å²) in [4.78, 5) is 14.8. The van der Waals surface area contributed by atoms with Crippen LogP contribution >= 0.6 is 11.6 Å². The van der Waals surface area contributed by atoms with Crippen LogP contribution in [0.1, 0.15) is 41.6 Å². The lowest BCUT2D eigenvalue weighted by molar-refractivity contribution is 0.0952. The van der Waals surface area contributed by atoms with Crippen molar-refractivity contribution in [1.82, 2.24) is 15.1 Å². The number of carbonyl (C=O) groups excluding carboxylic acids is 1. The van der Waals surface area contributed by atoms with Crippen LogP contribution in [0, 0.1) is 6.92 Å². The first-order valence-electron chi connectivity index (χ1n) is 8.95. The van der Waals surface area contributed by atoms with Crippen molar-refractivity contribution in [3.05, 3.63) is 46.7 Å². The minimum absolute atomic E-state index is 0.111. The van der Waals surface area contributed by atoms with Gasteiger partial charge in [-0.3, -0.25) is 9.48 Å². The van der Waals surface area contributed by atoms with Gasteiger partial charge in [-0.2, -0.15) is 5.10 Å². The summed E-state index contributed by atoms with van der Waals surface area (Å²) < 4.78 is 1.89. The molecule has 25 heavy (non-hydrogen) atoms. The normalized spacial score (nSPS) is 14.6.